The Bertz CT molecular complexity index is 558. The fourth-order valence-electron chi connectivity index (χ4n) is 2.18. The second-order valence-electron chi connectivity index (χ2n) is 5.26. The SMILES string of the molecule is CCOc1ccc(Cc2cc(C(C)C)ccc2Cl)cc1. The van der Waals surface area contributed by atoms with Gasteiger partial charge in [-0.2, -0.15) is 0 Å². The van der Waals surface area contributed by atoms with Gasteiger partial charge in [-0.15, -0.1) is 0 Å². The molecule has 2 heteroatoms. The van der Waals surface area contributed by atoms with Gasteiger partial charge in [-0.3, -0.25) is 0 Å². The van der Waals surface area contributed by atoms with Crippen LogP contribution in [-0.2, 0) is 6.42 Å². The highest BCUT2D eigenvalue weighted by molar-refractivity contribution is 6.31. The third kappa shape index (κ3) is 3.77. The maximum atomic E-state index is 6.31. The first kappa shape index (κ1) is 14.9. The van der Waals surface area contributed by atoms with Gasteiger partial charge in [0.05, 0.1) is 6.61 Å². The monoisotopic (exact) mass is 288 g/mol. The fraction of sp³-hybridized carbons (Fsp3) is 0.333. The highest BCUT2D eigenvalue weighted by atomic mass is 35.5. The van der Waals surface area contributed by atoms with Crippen molar-refractivity contribution in [1.82, 2.24) is 0 Å². The van der Waals surface area contributed by atoms with Crippen LogP contribution in [0.5, 0.6) is 5.75 Å². The molecule has 0 amide bonds. The molecule has 0 bridgehead atoms. The Kier molecular flexibility index (Phi) is 5.08. The number of halogens is 1. The summed E-state index contributed by atoms with van der Waals surface area (Å²) in [5.74, 6) is 1.43. The molecule has 0 aliphatic rings. The van der Waals surface area contributed by atoms with E-state index >= 15 is 0 Å². The quantitative estimate of drug-likeness (QED) is 0.710. The van der Waals surface area contributed by atoms with Gasteiger partial charge < -0.3 is 4.74 Å². The Morgan fingerprint density at radius 2 is 1.75 bits per heavy atom. The van der Waals surface area contributed by atoms with Crippen LogP contribution in [0.3, 0.4) is 0 Å². The van der Waals surface area contributed by atoms with Crippen LogP contribution in [0.25, 0.3) is 0 Å². The van der Waals surface area contributed by atoms with Crippen molar-refractivity contribution in [2.75, 3.05) is 6.61 Å². The van der Waals surface area contributed by atoms with Gasteiger partial charge in [0.15, 0.2) is 0 Å². The smallest absolute Gasteiger partial charge is 0.119 e. The summed E-state index contributed by atoms with van der Waals surface area (Å²) in [6, 6.07) is 14.5. The first-order valence-corrected chi connectivity index (χ1v) is 7.48. The van der Waals surface area contributed by atoms with Crippen LogP contribution in [0, 0.1) is 0 Å². The van der Waals surface area contributed by atoms with E-state index in [2.05, 4.69) is 38.1 Å². The van der Waals surface area contributed by atoms with E-state index in [1.165, 1.54) is 16.7 Å². The van der Waals surface area contributed by atoms with Gasteiger partial charge in [0.1, 0.15) is 5.75 Å². The lowest BCUT2D eigenvalue weighted by Crippen LogP contribution is -1.95. The normalized spacial score (nSPS) is 10.8. The summed E-state index contributed by atoms with van der Waals surface area (Å²) in [5.41, 5.74) is 3.76. The molecule has 2 aromatic rings. The fourth-order valence-corrected chi connectivity index (χ4v) is 2.36. The van der Waals surface area contributed by atoms with Crippen LogP contribution >= 0.6 is 11.6 Å². The molecule has 0 heterocycles. The first-order chi connectivity index (χ1) is 9.60. The molecule has 0 saturated carbocycles. The molecular weight excluding hydrogens is 268 g/mol. The molecule has 0 fully saturated rings. The van der Waals surface area contributed by atoms with Crippen LogP contribution in [0.1, 0.15) is 43.4 Å². The molecule has 2 rings (SSSR count). The van der Waals surface area contributed by atoms with E-state index in [-0.39, 0.29) is 0 Å². The minimum Gasteiger partial charge on any atom is -0.494 e. The second-order valence-corrected chi connectivity index (χ2v) is 5.67. The van der Waals surface area contributed by atoms with Gasteiger partial charge in [-0.1, -0.05) is 49.7 Å². The highest BCUT2D eigenvalue weighted by Crippen LogP contribution is 2.25. The molecule has 0 spiro atoms. The van der Waals surface area contributed by atoms with Gasteiger partial charge in [0.25, 0.3) is 0 Å². The van der Waals surface area contributed by atoms with Crippen molar-refractivity contribution in [3.8, 4) is 5.75 Å². The van der Waals surface area contributed by atoms with E-state index < -0.39 is 0 Å². The van der Waals surface area contributed by atoms with Crippen LogP contribution in [0.15, 0.2) is 42.5 Å². The van der Waals surface area contributed by atoms with Gasteiger partial charge in [0.2, 0.25) is 0 Å². The maximum Gasteiger partial charge on any atom is 0.119 e. The summed E-state index contributed by atoms with van der Waals surface area (Å²) in [6.07, 6.45) is 0.853. The van der Waals surface area contributed by atoms with Gasteiger partial charge in [-0.25, -0.2) is 0 Å². The highest BCUT2D eigenvalue weighted by Gasteiger charge is 2.06. The summed E-state index contributed by atoms with van der Waals surface area (Å²) in [7, 11) is 0. The van der Waals surface area contributed by atoms with E-state index in [0.29, 0.717) is 12.5 Å². The average molecular weight is 289 g/mol. The molecule has 0 N–H and O–H groups in total. The molecule has 106 valence electrons. The minimum absolute atomic E-state index is 0.520. The predicted octanol–water partition coefficient (Wildman–Crippen LogP) is 5.45. The average Bonchev–Trinajstić information content (AvgIpc) is 2.43. The van der Waals surface area contributed by atoms with Gasteiger partial charge >= 0.3 is 0 Å². The van der Waals surface area contributed by atoms with Crippen LogP contribution < -0.4 is 4.74 Å². The number of rotatable bonds is 5. The number of ether oxygens (including phenoxy) is 1. The molecule has 2 aromatic carbocycles. The molecule has 0 aliphatic carbocycles. The molecule has 20 heavy (non-hydrogen) atoms. The van der Waals surface area contributed by atoms with Crippen molar-refractivity contribution < 1.29 is 4.74 Å². The van der Waals surface area contributed by atoms with E-state index in [9.17, 15) is 0 Å². The van der Waals surface area contributed by atoms with E-state index in [1.54, 1.807) is 0 Å². The van der Waals surface area contributed by atoms with E-state index in [4.69, 9.17) is 16.3 Å². The molecule has 0 aliphatic heterocycles. The number of hydrogen-bond acceptors (Lipinski definition) is 1. The second kappa shape index (κ2) is 6.81. The van der Waals surface area contributed by atoms with Gasteiger partial charge in [-0.05, 0) is 54.2 Å². The molecule has 0 aromatic heterocycles. The molecule has 0 atom stereocenters. The lowest BCUT2D eigenvalue weighted by Gasteiger charge is -2.11. The van der Waals surface area contributed by atoms with Crippen molar-refractivity contribution in [2.24, 2.45) is 0 Å². The Hall–Kier alpha value is -1.47. The van der Waals surface area contributed by atoms with Gasteiger partial charge in [0, 0.05) is 5.02 Å². The standard InChI is InChI=1S/C18H21ClO/c1-4-20-17-8-5-14(6-9-17)11-16-12-15(13(2)3)7-10-18(16)19/h5-10,12-13H,4,11H2,1-3H3. The zero-order valence-electron chi connectivity index (χ0n) is 12.3. The largest absolute Gasteiger partial charge is 0.494 e. The van der Waals surface area contributed by atoms with E-state index in [0.717, 1.165) is 17.2 Å². The molecular formula is C18H21ClO. The molecule has 0 radical (unpaired) electrons. The van der Waals surface area contributed by atoms with Crippen LogP contribution in [0.4, 0.5) is 0 Å². The first-order valence-electron chi connectivity index (χ1n) is 7.10. The third-order valence-electron chi connectivity index (χ3n) is 3.37. The lowest BCUT2D eigenvalue weighted by molar-refractivity contribution is 0.340. The van der Waals surface area contributed by atoms with Crippen molar-refractivity contribution >= 4 is 11.6 Å². The third-order valence-corrected chi connectivity index (χ3v) is 3.73. The number of hydrogen-bond donors (Lipinski definition) is 0. The van der Waals surface area contributed by atoms with E-state index in [1.807, 2.05) is 25.1 Å². The Morgan fingerprint density at radius 1 is 1.05 bits per heavy atom. The zero-order chi connectivity index (χ0) is 14.5. The zero-order valence-corrected chi connectivity index (χ0v) is 13.1. The Morgan fingerprint density at radius 3 is 2.35 bits per heavy atom. The van der Waals surface area contributed by atoms with Crippen LogP contribution in [-0.4, -0.2) is 6.61 Å². The van der Waals surface area contributed by atoms with Crippen LogP contribution in [0.2, 0.25) is 5.02 Å². The number of benzene rings is 2. The summed E-state index contributed by atoms with van der Waals surface area (Å²) in [4.78, 5) is 0. The van der Waals surface area contributed by atoms with Crippen molar-refractivity contribution in [3.05, 3.63) is 64.2 Å². The Labute approximate surface area is 126 Å². The summed E-state index contributed by atoms with van der Waals surface area (Å²) < 4.78 is 5.46. The molecule has 0 saturated heterocycles. The minimum atomic E-state index is 0.520. The summed E-state index contributed by atoms with van der Waals surface area (Å²) in [5, 5.41) is 0.836. The molecule has 0 unspecified atom stereocenters. The maximum absolute atomic E-state index is 6.31. The topological polar surface area (TPSA) is 9.23 Å². The van der Waals surface area contributed by atoms with Crippen molar-refractivity contribution in [2.45, 2.75) is 33.1 Å². The summed E-state index contributed by atoms with van der Waals surface area (Å²) in [6.45, 7) is 7.08. The molecule has 1 nitrogen and oxygen atoms in total. The van der Waals surface area contributed by atoms with Crippen molar-refractivity contribution in [3.63, 3.8) is 0 Å². The lowest BCUT2D eigenvalue weighted by atomic mass is 9.97. The summed E-state index contributed by atoms with van der Waals surface area (Å²) >= 11 is 6.31. The predicted molar refractivity (Wildman–Crippen MR) is 86.0 cm³/mol. The van der Waals surface area contributed by atoms with Crippen molar-refractivity contribution in [1.29, 1.82) is 0 Å². The Balaban J connectivity index is 2.18.